The first-order chi connectivity index (χ1) is 21.8. The molecule has 0 spiro atoms. The predicted molar refractivity (Wildman–Crippen MR) is 187 cm³/mol. The van der Waals surface area contributed by atoms with Gasteiger partial charge in [0.2, 0.25) is 5.88 Å². The number of ether oxygens (including phenoxy) is 1. The van der Waals surface area contributed by atoms with E-state index >= 15 is 0 Å². The molecule has 4 unspecified atom stereocenters. The van der Waals surface area contributed by atoms with E-state index in [0.717, 1.165) is 30.4 Å². The standard InChI is InChI=1S/C35H53B3N2O7/c1-30(2)31(3,4)43-36(42-30)24-20-28(29(41-12)39-22-24)40-25-18-19-26(23-16-14-13-15-17-23)27(21-25)35(11)34(9,10)46-38(47-35)37-44-32(5,6)33(7,8)45-37/h13-17,20,22,25-27,40H,18-19,21H2,1-12H3. The van der Waals surface area contributed by atoms with Crippen LogP contribution in [-0.2, 0) is 27.9 Å². The van der Waals surface area contributed by atoms with Crippen LogP contribution in [0.15, 0.2) is 42.6 Å². The van der Waals surface area contributed by atoms with Crippen molar-refractivity contribution in [3.05, 3.63) is 48.2 Å². The second kappa shape index (κ2) is 11.8. The summed E-state index contributed by atoms with van der Waals surface area (Å²) in [7, 11) is -0.139. The van der Waals surface area contributed by atoms with Crippen LogP contribution >= 0.6 is 0 Å². The largest absolute Gasteiger partial charge is 0.496 e. The van der Waals surface area contributed by atoms with Crippen LogP contribution < -0.4 is 15.5 Å². The summed E-state index contributed by atoms with van der Waals surface area (Å²) in [6.45, 7) is 22.9. The monoisotopic (exact) mass is 646 g/mol. The number of anilines is 1. The fourth-order valence-corrected chi connectivity index (χ4v) is 7.53. The lowest BCUT2D eigenvalue weighted by atomic mass is 9.49. The number of hydrogen-bond donors (Lipinski definition) is 1. The highest BCUT2D eigenvalue weighted by molar-refractivity contribution is 7.11. The maximum Gasteiger partial charge on any atom is 0.496 e. The van der Waals surface area contributed by atoms with Crippen molar-refractivity contribution in [1.29, 1.82) is 0 Å². The number of benzene rings is 1. The van der Waals surface area contributed by atoms with Gasteiger partial charge in [0.15, 0.2) is 0 Å². The van der Waals surface area contributed by atoms with E-state index in [-0.39, 0.29) is 17.9 Å². The average Bonchev–Trinajstić information content (AvgIpc) is 3.48. The summed E-state index contributed by atoms with van der Waals surface area (Å²) < 4.78 is 45.0. The average molecular weight is 646 g/mol. The normalized spacial score (nSPS) is 32.1. The molecular formula is C35H53B3N2O7. The summed E-state index contributed by atoms with van der Waals surface area (Å²) in [5, 5.41) is 3.82. The summed E-state index contributed by atoms with van der Waals surface area (Å²) in [6.07, 6.45) is 4.58. The summed E-state index contributed by atoms with van der Waals surface area (Å²) >= 11 is 0. The van der Waals surface area contributed by atoms with Crippen molar-refractivity contribution >= 4 is 32.3 Å². The Kier molecular flexibility index (Phi) is 8.71. The van der Waals surface area contributed by atoms with Crippen molar-refractivity contribution in [2.45, 2.75) is 141 Å². The van der Waals surface area contributed by atoms with Crippen LogP contribution in [-0.4, -0.2) is 72.9 Å². The molecule has 12 heteroatoms. The summed E-state index contributed by atoms with van der Waals surface area (Å²) in [5.74, 6) is 0.930. The minimum absolute atomic E-state index is 0.115. The molecule has 1 saturated carbocycles. The van der Waals surface area contributed by atoms with E-state index in [4.69, 9.17) is 32.7 Å². The summed E-state index contributed by atoms with van der Waals surface area (Å²) in [6, 6.07) is 13.0. The van der Waals surface area contributed by atoms with Crippen molar-refractivity contribution < 1.29 is 32.7 Å². The van der Waals surface area contributed by atoms with Crippen molar-refractivity contribution in [3.8, 4) is 5.88 Å². The number of aromatic nitrogens is 1. The van der Waals surface area contributed by atoms with E-state index in [2.05, 4.69) is 123 Å². The van der Waals surface area contributed by atoms with E-state index < -0.39 is 54.7 Å². The molecule has 4 aliphatic rings. The highest BCUT2D eigenvalue weighted by Gasteiger charge is 2.67. The van der Waals surface area contributed by atoms with Crippen LogP contribution in [0.3, 0.4) is 0 Å². The molecule has 4 fully saturated rings. The number of nitrogens with zero attached hydrogens (tertiary/aromatic N) is 1. The van der Waals surface area contributed by atoms with Crippen molar-refractivity contribution in [2.75, 3.05) is 12.4 Å². The maximum atomic E-state index is 7.02. The van der Waals surface area contributed by atoms with E-state index in [0.29, 0.717) is 5.88 Å². The Morgan fingerprint density at radius 1 is 0.723 bits per heavy atom. The Labute approximate surface area is 282 Å². The third kappa shape index (κ3) is 6.05. The molecule has 2 aromatic rings. The Morgan fingerprint density at radius 3 is 1.87 bits per heavy atom. The second-order valence-electron chi connectivity index (χ2n) is 16.5. The van der Waals surface area contributed by atoms with Crippen LogP contribution in [0.5, 0.6) is 5.88 Å². The molecule has 3 aliphatic heterocycles. The van der Waals surface area contributed by atoms with Gasteiger partial charge in [0.1, 0.15) is 0 Å². The van der Waals surface area contributed by atoms with E-state index in [1.54, 1.807) is 13.3 Å². The van der Waals surface area contributed by atoms with Gasteiger partial charge in [-0.1, -0.05) is 30.3 Å². The van der Waals surface area contributed by atoms with Gasteiger partial charge in [-0.05, 0) is 119 Å². The molecule has 4 atom stereocenters. The SMILES string of the molecule is COc1ncc(B2OC(C)(C)C(C)(C)O2)cc1NC1CCC(c2ccccc2)C(C2(C)OB(B3OC(C)(C)C(C)(C)O3)OC2(C)C)C1. The van der Waals surface area contributed by atoms with Crippen LogP contribution in [0.25, 0.3) is 0 Å². The molecule has 4 heterocycles. The first-order valence-electron chi connectivity index (χ1n) is 17.2. The van der Waals surface area contributed by atoms with Gasteiger partial charge in [0, 0.05) is 17.7 Å². The molecule has 254 valence electrons. The Morgan fingerprint density at radius 2 is 1.28 bits per heavy atom. The molecule has 6 rings (SSSR count). The van der Waals surface area contributed by atoms with E-state index in [1.807, 2.05) is 0 Å². The minimum Gasteiger partial charge on any atom is -0.480 e. The topological polar surface area (TPSA) is 89.5 Å². The summed E-state index contributed by atoms with van der Waals surface area (Å²) in [5.41, 5.74) is -0.125. The molecule has 1 aromatic heterocycles. The molecule has 1 N–H and O–H groups in total. The van der Waals surface area contributed by atoms with Gasteiger partial charge in [-0.15, -0.1) is 0 Å². The lowest BCUT2D eigenvalue weighted by Gasteiger charge is -2.50. The fraction of sp³-hybridized carbons (Fsp3) is 0.686. The van der Waals surface area contributed by atoms with Gasteiger partial charge >= 0.3 is 21.1 Å². The first-order valence-corrected chi connectivity index (χ1v) is 17.2. The third-order valence-corrected chi connectivity index (χ3v) is 12.2. The number of hydrogen-bond acceptors (Lipinski definition) is 9. The molecule has 0 bridgehead atoms. The van der Waals surface area contributed by atoms with Crippen LogP contribution in [0.2, 0.25) is 0 Å². The van der Waals surface area contributed by atoms with Crippen molar-refractivity contribution in [2.24, 2.45) is 5.92 Å². The van der Waals surface area contributed by atoms with E-state index in [1.165, 1.54) is 5.56 Å². The molecule has 1 aliphatic carbocycles. The molecule has 1 aromatic carbocycles. The second-order valence-corrected chi connectivity index (χ2v) is 16.5. The van der Waals surface area contributed by atoms with Gasteiger partial charge < -0.3 is 38.0 Å². The third-order valence-electron chi connectivity index (χ3n) is 12.2. The van der Waals surface area contributed by atoms with Gasteiger partial charge in [0.05, 0.1) is 46.4 Å². The smallest absolute Gasteiger partial charge is 0.480 e. The van der Waals surface area contributed by atoms with Crippen molar-refractivity contribution in [1.82, 2.24) is 4.98 Å². The Balaban J connectivity index is 1.28. The van der Waals surface area contributed by atoms with Crippen LogP contribution in [0.1, 0.15) is 107 Å². The van der Waals surface area contributed by atoms with Gasteiger partial charge in [-0.3, -0.25) is 0 Å². The Hall–Kier alpha value is -2.08. The summed E-state index contributed by atoms with van der Waals surface area (Å²) in [4.78, 5) is 4.66. The molecule has 3 saturated heterocycles. The zero-order valence-corrected chi connectivity index (χ0v) is 30.4. The lowest BCUT2D eigenvalue weighted by molar-refractivity contribution is -0.0732. The van der Waals surface area contributed by atoms with Gasteiger partial charge in [0.25, 0.3) is 0 Å². The Bertz CT molecular complexity index is 1420. The fourth-order valence-electron chi connectivity index (χ4n) is 7.53. The molecule has 0 radical (unpaired) electrons. The van der Waals surface area contributed by atoms with Crippen LogP contribution in [0, 0.1) is 5.92 Å². The number of rotatable bonds is 7. The quantitative estimate of drug-likeness (QED) is 0.364. The molecule has 0 amide bonds. The molecule has 9 nitrogen and oxygen atoms in total. The minimum atomic E-state index is -0.651. The van der Waals surface area contributed by atoms with Crippen molar-refractivity contribution in [3.63, 3.8) is 0 Å². The van der Waals surface area contributed by atoms with Gasteiger partial charge in [-0.25, -0.2) is 4.98 Å². The highest BCUT2D eigenvalue weighted by atomic mass is 16.7. The predicted octanol–water partition coefficient (Wildman–Crippen LogP) is 6.00. The highest BCUT2D eigenvalue weighted by Crippen LogP contribution is 2.54. The van der Waals surface area contributed by atoms with Crippen LogP contribution in [0.4, 0.5) is 5.69 Å². The van der Waals surface area contributed by atoms with E-state index in [9.17, 15) is 0 Å². The number of nitrogens with one attached hydrogen (secondary N) is 1. The number of methoxy groups -OCH3 is 1. The molecular weight excluding hydrogens is 593 g/mol. The number of pyridine rings is 1. The zero-order chi connectivity index (χ0) is 34.2. The molecule has 47 heavy (non-hydrogen) atoms. The maximum absolute atomic E-state index is 7.02. The first kappa shape index (κ1) is 34.8. The zero-order valence-electron chi connectivity index (χ0n) is 30.4. The lowest BCUT2D eigenvalue weighted by Crippen LogP contribution is -2.55. The van der Waals surface area contributed by atoms with Gasteiger partial charge in [-0.2, -0.15) is 0 Å².